The monoisotopic (exact) mass is 356 g/mol. The number of allylic oxidation sites excluding steroid dienone is 2. The van der Waals surface area contributed by atoms with Crippen molar-refractivity contribution in [3.05, 3.63) is 59.4 Å². The minimum Gasteiger partial charge on any atom is -0.480 e. The number of amides is 1. The summed E-state index contributed by atoms with van der Waals surface area (Å²) < 4.78 is 0. The first-order chi connectivity index (χ1) is 12.3. The predicted octanol–water partition coefficient (Wildman–Crippen LogP) is 1.42. The molecular formula is C19H20N2O5. The second kappa shape index (κ2) is 8.24. The fourth-order valence-corrected chi connectivity index (χ4v) is 2.41. The number of ketones is 2. The van der Waals surface area contributed by atoms with E-state index in [-0.39, 0.29) is 17.3 Å². The van der Waals surface area contributed by atoms with Gasteiger partial charge in [-0.3, -0.25) is 14.4 Å². The Kier molecular flexibility index (Phi) is 6.06. The van der Waals surface area contributed by atoms with Crippen molar-refractivity contribution in [3.8, 4) is 0 Å². The third-order valence-corrected chi connectivity index (χ3v) is 4.16. The van der Waals surface area contributed by atoms with Crippen molar-refractivity contribution in [3.63, 3.8) is 0 Å². The topological polar surface area (TPSA) is 113 Å². The van der Waals surface area contributed by atoms with Crippen molar-refractivity contribution in [2.24, 2.45) is 5.92 Å². The number of carboxylic acids is 1. The first kappa shape index (κ1) is 19.1. The van der Waals surface area contributed by atoms with Gasteiger partial charge in [0.1, 0.15) is 6.04 Å². The maximum absolute atomic E-state index is 12.2. The lowest BCUT2D eigenvalue weighted by atomic mass is 9.97. The Bertz CT molecular complexity index is 795. The lowest BCUT2D eigenvalue weighted by Crippen LogP contribution is -2.44. The molecule has 2 rings (SSSR count). The van der Waals surface area contributed by atoms with E-state index in [9.17, 15) is 24.3 Å². The molecule has 2 atom stereocenters. The van der Waals surface area contributed by atoms with Gasteiger partial charge >= 0.3 is 5.97 Å². The fourth-order valence-electron chi connectivity index (χ4n) is 2.41. The van der Waals surface area contributed by atoms with E-state index in [1.54, 1.807) is 37.3 Å². The van der Waals surface area contributed by atoms with Gasteiger partial charge < -0.3 is 15.7 Å². The highest BCUT2D eigenvalue weighted by atomic mass is 16.4. The van der Waals surface area contributed by atoms with Crippen LogP contribution in [0.15, 0.2) is 53.9 Å². The number of hydrogen-bond acceptors (Lipinski definition) is 5. The van der Waals surface area contributed by atoms with Crippen LogP contribution in [0.25, 0.3) is 0 Å². The molecule has 7 nitrogen and oxygen atoms in total. The zero-order valence-corrected chi connectivity index (χ0v) is 14.5. The molecule has 7 heteroatoms. The summed E-state index contributed by atoms with van der Waals surface area (Å²) in [5.74, 6) is -3.00. The van der Waals surface area contributed by atoms with Gasteiger partial charge in [-0.25, -0.2) is 4.79 Å². The number of benzene rings is 1. The maximum Gasteiger partial charge on any atom is 0.326 e. The van der Waals surface area contributed by atoms with Crippen molar-refractivity contribution in [1.29, 1.82) is 0 Å². The van der Waals surface area contributed by atoms with Crippen molar-refractivity contribution in [1.82, 2.24) is 10.6 Å². The molecule has 1 unspecified atom stereocenters. The number of nitrogens with one attached hydrogen (secondary N) is 2. The van der Waals surface area contributed by atoms with Crippen LogP contribution < -0.4 is 10.6 Å². The smallest absolute Gasteiger partial charge is 0.326 e. The molecule has 1 amide bonds. The molecule has 1 aliphatic rings. The summed E-state index contributed by atoms with van der Waals surface area (Å²) in [5, 5.41) is 14.3. The molecule has 0 heterocycles. The minimum absolute atomic E-state index is 0.0968. The third kappa shape index (κ3) is 4.44. The van der Waals surface area contributed by atoms with E-state index in [1.807, 2.05) is 6.92 Å². The summed E-state index contributed by atoms with van der Waals surface area (Å²) in [6.45, 7) is 3.57. The summed E-state index contributed by atoms with van der Waals surface area (Å²) in [6, 6.07) is 7.29. The standard InChI is InChI=1S/C19H20N2O5/c1-3-11(2)17(19(25)26)20-13-9-16(23)14(10-15(13)22)21-18(24)12-7-5-4-6-8-12/h4-11,17,20H,3H2,1-2H3,(H,21,24)(H,25,26)/t11?,17-/m1/s1. The molecular weight excluding hydrogens is 336 g/mol. The Hall–Kier alpha value is -3.22. The van der Waals surface area contributed by atoms with Crippen molar-refractivity contribution >= 4 is 23.4 Å². The summed E-state index contributed by atoms with van der Waals surface area (Å²) in [4.78, 5) is 47.9. The van der Waals surface area contributed by atoms with Crippen LogP contribution in [0.3, 0.4) is 0 Å². The number of carbonyl (C=O) groups is 4. The van der Waals surface area contributed by atoms with Gasteiger partial charge in [0.25, 0.3) is 5.91 Å². The van der Waals surface area contributed by atoms with Crippen LogP contribution >= 0.6 is 0 Å². The SMILES string of the molecule is CCC(C)[C@@H](NC1=CC(=O)C(NC(=O)c2ccccc2)=CC1=O)C(=O)O. The van der Waals surface area contributed by atoms with E-state index in [0.717, 1.165) is 12.2 Å². The van der Waals surface area contributed by atoms with Gasteiger partial charge in [0, 0.05) is 17.7 Å². The summed E-state index contributed by atoms with van der Waals surface area (Å²) in [5.41, 5.74) is 0.106. The zero-order valence-electron chi connectivity index (χ0n) is 14.5. The number of carboxylic acid groups (broad SMARTS) is 1. The largest absolute Gasteiger partial charge is 0.480 e. The van der Waals surface area contributed by atoms with E-state index in [0.29, 0.717) is 12.0 Å². The molecule has 0 saturated heterocycles. The minimum atomic E-state index is -1.10. The Labute approximate surface area is 150 Å². The summed E-state index contributed by atoms with van der Waals surface area (Å²) in [7, 11) is 0. The van der Waals surface area contributed by atoms with Gasteiger partial charge in [0.15, 0.2) is 0 Å². The van der Waals surface area contributed by atoms with Crippen LogP contribution in [-0.2, 0) is 14.4 Å². The molecule has 0 fully saturated rings. The van der Waals surface area contributed by atoms with Crippen LogP contribution in [-0.4, -0.2) is 34.6 Å². The molecule has 1 aromatic rings. The Balaban J connectivity index is 2.12. The molecule has 3 N–H and O–H groups in total. The van der Waals surface area contributed by atoms with Crippen molar-refractivity contribution in [2.75, 3.05) is 0 Å². The molecule has 136 valence electrons. The molecule has 0 aromatic heterocycles. The quantitative estimate of drug-likeness (QED) is 0.637. The van der Waals surface area contributed by atoms with Crippen LogP contribution in [0, 0.1) is 5.92 Å². The average Bonchev–Trinajstić information content (AvgIpc) is 2.63. The first-order valence-corrected chi connectivity index (χ1v) is 8.21. The molecule has 0 aliphatic heterocycles. The van der Waals surface area contributed by atoms with E-state index < -0.39 is 29.5 Å². The Morgan fingerprint density at radius 2 is 1.62 bits per heavy atom. The lowest BCUT2D eigenvalue weighted by Gasteiger charge is -2.23. The fraction of sp³-hybridized carbons (Fsp3) is 0.263. The highest BCUT2D eigenvalue weighted by Gasteiger charge is 2.28. The maximum atomic E-state index is 12.2. The van der Waals surface area contributed by atoms with Crippen LogP contribution in [0.4, 0.5) is 0 Å². The summed E-state index contributed by atoms with van der Waals surface area (Å²) in [6.07, 6.45) is 2.61. The van der Waals surface area contributed by atoms with Crippen LogP contribution in [0.1, 0.15) is 30.6 Å². The highest BCUT2D eigenvalue weighted by Crippen LogP contribution is 2.14. The highest BCUT2D eigenvalue weighted by molar-refractivity contribution is 6.21. The molecule has 0 bridgehead atoms. The number of aliphatic carboxylic acids is 1. The average molecular weight is 356 g/mol. The lowest BCUT2D eigenvalue weighted by molar-refractivity contribution is -0.140. The summed E-state index contributed by atoms with van der Waals surface area (Å²) >= 11 is 0. The van der Waals surface area contributed by atoms with Crippen LogP contribution in [0.2, 0.25) is 0 Å². The van der Waals surface area contributed by atoms with Crippen molar-refractivity contribution in [2.45, 2.75) is 26.3 Å². The third-order valence-electron chi connectivity index (χ3n) is 4.16. The van der Waals surface area contributed by atoms with E-state index in [1.165, 1.54) is 0 Å². The Morgan fingerprint density at radius 3 is 2.19 bits per heavy atom. The van der Waals surface area contributed by atoms with E-state index in [4.69, 9.17) is 0 Å². The molecule has 0 spiro atoms. The van der Waals surface area contributed by atoms with E-state index >= 15 is 0 Å². The first-order valence-electron chi connectivity index (χ1n) is 8.21. The molecule has 26 heavy (non-hydrogen) atoms. The number of hydrogen-bond donors (Lipinski definition) is 3. The van der Waals surface area contributed by atoms with Gasteiger partial charge in [0.2, 0.25) is 11.6 Å². The van der Waals surface area contributed by atoms with Gasteiger partial charge in [0.05, 0.1) is 11.4 Å². The predicted molar refractivity (Wildman–Crippen MR) is 94.1 cm³/mol. The number of carbonyl (C=O) groups excluding carboxylic acids is 3. The van der Waals surface area contributed by atoms with Gasteiger partial charge in [-0.05, 0) is 18.1 Å². The molecule has 1 aliphatic carbocycles. The molecule has 0 radical (unpaired) electrons. The van der Waals surface area contributed by atoms with Crippen molar-refractivity contribution < 1.29 is 24.3 Å². The van der Waals surface area contributed by atoms with Gasteiger partial charge in [-0.2, -0.15) is 0 Å². The Morgan fingerprint density at radius 1 is 1.04 bits per heavy atom. The van der Waals surface area contributed by atoms with Crippen LogP contribution in [0.5, 0.6) is 0 Å². The van der Waals surface area contributed by atoms with Gasteiger partial charge in [-0.1, -0.05) is 38.5 Å². The zero-order chi connectivity index (χ0) is 19.3. The molecule has 1 aromatic carbocycles. The second-order valence-electron chi connectivity index (χ2n) is 6.01. The number of rotatable bonds is 7. The molecule has 0 saturated carbocycles. The van der Waals surface area contributed by atoms with E-state index in [2.05, 4.69) is 10.6 Å². The normalized spacial score (nSPS) is 16.2. The second-order valence-corrected chi connectivity index (χ2v) is 6.01. The van der Waals surface area contributed by atoms with Gasteiger partial charge in [-0.15, -0.1) is 0 Å².